The van der Waals surface area contributed by atoms with Crippen molar-refractivity contribution < 1.29 is 22.9 Å². The van der Waals surface area contributed by atoms with Crippen LogP contribution >= 0.6 is 10.7 Å². The quantitative estimate of drug-likeness (QED) is 0.642. The summed E-state index contributed by atoms with van der Waals surface area (Å²) in [5.41, 5.74) is 0.396. The monoisotopic (exact) mass is 302 g/mol. The van der Waals surface area contributed by atoms with Gasteiger partial charge in [-0.25, -0.2) is 9.00 Å². The van der Waals surface area contributed by atoms with Gasteiger partial charge in [0.15, 0.2) is 10.0 Å². The molecule has 1 unspecified atom stereocenters. The number of ether oxygens (including phenoxy) is 2. The molecule has 7 heteroatoms. The van der Waals surface area contributed by atoms with Crippen molar-refractivity contribution in [2.75, 3.05) is 13.7 Å². The maximum absolute atomic E-state index is 11.8. The normalized spacial score (nSPS) is 12.4. The Kier molecular flexibility index (Phi) is 4.11. The average Bonchev–Trinajstić information content (AvgIpc) is 2.77. The van der Waals surface area contributed by atoms with Gasteiger partial charge in [0, 0.05) is 5.39 Å². The minimum atomic E-state index is -1.90. The smallest absolute Gasteiger partial charge is 0.375 e. The Morgan fingerprint density at radius 2 is 2.21 bits per heavy atom. The Hall–Kier alpha value is -1.53. The molecule has 0 fully saturated rings. The second-order valence-electron chi connectivity index (χ2n) is 3.57. The van der Waals surface area contributed by atoms with Crippen molar-refractivity contribution in [3.63, 3.8) is 0 Å². The number of rotatable bonds is 4. The largest absolute Gasteiger partial charge is 0.497 e. The molecule has 19 heavy (non-hydrogen) atoms. The molecule has 5 nitrogen and oxygen atoms in total. The lowest BCUT2D eigenvalue weighted by Crippen LogP contribution is -2.05. The van der Waals surface area contributed by atoms with Gasteiger partial charge < -0.3 is 13.9 Å². The molecule has 2 rings (SSSR count). The van der Waals surface area contributed by atoms with Crippen molar-refractivity contribution in [3.05, 3.63) is 24.0 Å². The van der Waals surface area contributed by atoms with E-state index in [0.717, 1.165) is 0 Å². The van der Waals surface area contributed by atoms with Crippen LogP contribution in [0.5, 0.6) is 5.75 Å². The van der Waals surface area contributed by atoms with Crippen LogP contribution in [-0.4, -0.2) is 23.9 Å². The maximum Gasteiger partial charge on any atom is 0.375 e. The third-order valence-corrected chi connectivity index (χ3v) is 3.66. The Morgan fingerprint density at radius 1 is 1.47 bits per heavy atom. The van der Waals surface area contributed by atoms with Crippen molar-refractivity contribution in [1.29, 1.82) is 0 Å². The summed E-state index contributed by atoms with van der Waals surface area (Å²) in [6.45, 7) is 1.86. The molecule has 0 N–H and O–H groups in total. The highest BCUT2D eigenvalue weighted by Gasteiger charge is 2.25. The summed E-state index contributed by atoms with van der Waals surface area (Å²) in [5.74, 6) is -0.285. The van der Waals surface area contributed by atoms with Crippen molar-refractivity contribution in [2.45, 2.75) is 11.8 Å². The van der Waals surface area contributed by atoms with Crippen LogP contribution in [0.3, 0.4) is 0 Å². The van der Waals surface area contributed by atoms with E-state index in [0.29, 0.717) is 16.7 Å². The van der Waals surface area contributed by atoms with Crippen LogP contribution in [0.2, 0.25) is 0 Å². The topological polar surface area (TPSA) is 65.7 Å². The summed E-state index contributed by atoms with van der Waals surface area (Å²) < 4.78 is 26.9. The van der Waals surface area contributed by atoms with E-state index in [1.165, 1.54) is 7.11 Å². The molecule has 0 aliphatic heterocycles. The molecule has 1 aromatic heterocycles. The molecule has 1 atom stereocenters. The van der Waals surface area contributed by atoms with Gasteiger partial charge in [0.1, 0.15) is 16.2 Å². The van der Waals surface area contributed by atoms with E-state index >= 15 is 0 Å². The van der Waals surface area contributed by atoms with Gasteiger partial charge in [0.05, 0.1) is 13.7 Å². The summed E-state index contributed by atoms with van der Waals surface area (Å²) >= 11 is 0. The zero-order chi connectivity index (χ0) is 14.0. The van der Waals surface area contributed by atoms with Gasteiger partial charge in [-0.15, -0.1) is 0 Å². The lowest BCUT2D eigenvalue weighted by Gasteiger charge is -1.99. The predicted octanol–water partition coefficient (Wildman–Crippen LogP) is 2.88. The molecule has 0 bridgehead atoms. The fourth-order valence-corrected chi connectivity index (χ4v) is 2.73. The van der Waals surface area contributed by atoms with Crippen LogP contribution in [0.4, 0.5) is 0 Å². The van der Waals surface area contributed by atoms with Crippen LogP contribution in [0.1, 0.15) is 17.5 Å². The third-order valence-electron chi connectivity index (χ3n) is 2.47. The predicted molar refractivity (Wildman–Crippen MR) is 71.0 cm³/mol. The first-order valence-corrected chi connectivity index (χ1v) is 7.41. The van der Waals surface area contributed by atoms with Crippen molar-refractivity contribution >= 4 is 37.6 Å². The molecule has 2 aromatic rings. The number of benzene rings is 1. The minimum Gasteiger partial charge on any atom is -0.497 e. The molecule has 102 valence electrons. The molecule has 1 heterocycles. The van der Waals surface area contributed by atoms with Gasteiger partial charge in [0.2, 0.25) is 5.76 Å². The van der Waals surface area contributed by atoms with E-state index in [2.05, 4.69) is 0 Å². The highest BCUT2D eigenvalue weighted by Crippen LogP contribution is 2.33. The van der Waals surface area contributed by atoms with Gasteiger partial charge in [0.25, 0.3) is 0 Å². The van der Waals surface area contributed by atoms with Gasteiger partial charge in [-0.3, -0.25) is 0 Å². The van der Waals surface area contributed by atoms with E-state index in [1.807, 2.05) is 0 Å². The number of esters is 1. The first kappa shape index (κ1) is 13.9. The lowest BCUT2D eigenvalue weighted by molar-refractivity contribution is 0.0487. The number of methoxy groups -OCH3 is 1. The fraction of sp³-hybridized carbons (Fsp3) is 0.250. The molecule has 0 saturated carbocycles. The van der Waals surface area contributed by atoms with Gasteiger partial charge in [-0.05, 0) is 35.8 Å². The van der Waals surface area contributed by atoms with Gasteiger partial charge in [-0.1, -0.05) is 0 Å². The van der Waals surface area contributed by atoms with Crippen LogP contribution in [0.25, 0.3) is 11.0 Å². The summed E-state index contributed by atoms with van der Waals surface area (Å²) in [7, 11) is 5.24. The molecule has 0 amide bonds. The van der Waals surface area contributed by atoms with E-state index in [9.17, 15) is 9.00 Å². The molecular weight excluding hydrogens is 292 g/mol. The maximum atomic E-state index is 11.8. The number of halogens is 1. The first-order chi connectivity index (χ1) is 9.08. The number of fused-ring (bicyclic) bond motifs is 1. The number of furan rings is 1. The first-order valence-electron chi connectivity index (χ1n) is 5.44. The van der Waals surface area contributed by atoms with E-state index in [4.69, 9.17) is 24.6 Å². The number of hydrogen-bond acceptors (Lipinski definition) is 5. The highest BCUT2D eigenvalue weighted by molar-refractivity contribution is 8.08. The standard InChI is InChI=1S/C12H11ClO5S/c1-3-17-12(14)10-11(19(13)15)8-6-7(16-2)4-5-9(8)18-10/h4-6H,3H2,1-2H3. The fourth-order valence-electron chi connectivity index (χ4n) is 1.67. The Balaban J connectivity index is 2.67. The average molecular weight is 303 g/mol. The van der Waals surface area contributed by atoms with E-state index in [-0.39, 0.29) is 17.3 Å². The number of carbonyl (C=O) groups is 1. The molecule has 0 aliphatic carbocycles. The van der Waals surface area contributed by atoms with Crippen LogP contribution < -0.4 is 4.74 Å². The van der Waals surface area contributed by atoms with Crippen molar-refractivity contribution in [1.82, 2.24) is 0 Å². The Labute approximate surface area is 116 Å². The second kappa shape index (κ2) is 5.63. The highest BCUT2D eigenvalue weighted by atomic mass is 35.7. The lowest BCUT2D eigenvalue weighted by atomic mass is 10.2. The van der Waals surface area contributed by atoms with Gasteiger partial charge in [-0.2, -0.15) is 0 Å². The Morgan fingerprint density at radius 3 is 2.79 bits per heavy atom. The van der Waals surface area contributed by atoms with Crippen LogP contribution in [0, 0.1) is 0 Å². The molecule has 0 saturated heterocycles. The minimum absolute atomic E-state index is 0.106. The zero-order valence-electron chi connectivity index (χ0n) is 10.3. The van der Waals surface area contributed by atoms with Crippen molar-refractivity contribution in [3.8, 4) is 5.75 Å². The SMILES string of the molecule is CCOC(=O)c1oc2ccc(OC)cc2c1S(=O)Cl. The third kappa shape index (κ3) is 2.59. The summed E-state index contributed by atoms with van der Waals surface area (Å²) in [4.78, 5) is 11.9. The van der Waals surface area contributed by atoms with E-state index < -0.39 is 16.0 Å². The zero-order valence-corrected chi connectivity index (χ0v) is 11.8. The molecule has 1 aromatic carbocycles. The second-order valence-corrected chi connectivity index (χ2v) is 5.26. The van der Waals surface area contributed by atoms with Crippen molar-refractivity contribution in [2.24, 2.45) is 0 Å². The van der Waals surface area contributed by atoms with E-state index in [1.54, 1.807) is 25.1 Å². The summed E-state index contributed by atoms with van der Waals surface area (Å²) in [6.07, 6.45) is 0. The Bertz CT molecular complexity index is 649. The molecule has 0 radical (unpaired) electrons. The summed E-state index contributed by atoms with van der Waals surface area (Å²) in [6, 6.07) is 4.89. The summed E-state index contributed by atoms with van der Waals surface area (Å²) in [5, 5.41) is 0.468. The number of carbonyl (C=O) groups excluding carboxylic acids is 1. The molecular formula is C12H11ClO5S. The van der Waals surface area contributed by atoms with Gasteiger partial charge >= 0.3 is 5.97 Å². The molecule has 0 spiro atoms. The van der Waals surface area contributed by atoms with Crippen LogP contribution in [-0.2, 0) is 14.7 Å². The van der Waals surface area contributed by atoms with Crippen LogP contribution in [0.15, 0.2) is 27.5 Å². The number of hydrogen-bond donors (Lipinski definition) is 0. The molecule has 0 aliphatic rings.